The second-order valence-electron chi connectivity index (χ2n) is 4.71. The van der Waals surface area contributed by atoms with Crippen molar-refractivity contribution in [3.8, 4) is 0 Å². The largest absolute Gasteiger partial charge is 0.289 e. The molecule has 0 radical (unpaired) electrons. The highest BCUT2D eigenvalue weighted by Crippen LogP contribution is 2.21. The van der Waals surface area contributed by atoms with Crippen molar-refractivity contribution >= 4 is 11.4 Å². The molecular formula is C18H18O. The molecule has 1 heteroatoms. The van der Waals surface area contributed by atoms with Gasteiger partial charge in [-0.3, -0.25) is 4.79 Å². The number of carbonyl (C=O) groups excluding carboxylic acids is 1. The fourth-order valence-corrected chi connectivity index (χ4v) is 2.14. The number of benzene rings is 2. The normalized spacial score (nSPS) is 10.2. The van der Waals surface area contributed by atoms with Gasteiger partial charge in [0, 0.05) is 11.1 Å². The van der Waals surface area contributed by atoms with E-state index in [1.54, 1.807) is 0 Å². The van der Waals surface area contributed by atoms with E-state index in [1.165, 1.54) is 5.56 Å². The van der Waals surface area contributed by atoms with Crippen LogP contribution in [-0.4, -0.2) is 5.78 Å². The predicted octanol–water partition coefficient (Wildman–Crippen LogP) is 4.51. The maximum absolute atomic E-state index is 12.6. The van der Waals surface area contributed by atoms with Crippen molar-refractivity contribution in [2.45, 2.75) is 20.3 Å². The molecule has 2 aromatic carbocycles. The van der Waals surface area contributed by atoms with Gasteiger partial charge >= 0.3 is 0 Å². The van der Waals surface area contributed by atoms with Crippen molar-refractivity contribution in [1.82, 2.24) is 0 Å². The molecule has 19 heavy (non-hydrogen) atoms. The smallest absolute Gasteiger partial charge is 0.193 e. The third-order valence-corrected chi connectivity index (χ3v) is 3.23. The summed E-state index contributed by atoms with van der Waals surface area (Å²) < 4.78 is 0. The molecule has 0 unspecified atom stereocenters. The number of hydrogen-bond donors (Lipinski definition) is 0. The van der Waals surface area contributed by atoms with E-state index in [4.69, 9.17) is 0 Å². The molecule has 96 valence electrons. The summed E-state index contributed by atoms with van der Waals surface area (Å²) in [5.41, 5.74) is 4.49. The monoisotopic (exact) mass is 250 g/mol. The molecule has 0 amide bonds. The highest BCUT2D eigenvalue weighted by atomic mass is 16.1. The Morgan fingerprint density at radius 2 is 1.74 bits per heavy atom. The van der Waals surface area contributed by atoms with Crippen LogP contribution in [0.15, 0.2) is 55.1 Å². The minimum atomic E-state index is 0.0638. The SMILES string of the molecule is C=C(C)c1ccccc1C(=O)c1cccc(CC)c1. The molecule has 2 rings (SSSR count). The van der Waals surface area contributed by atoms with Crippen LogP contribution < -0.4 is 0 Å². The van der Waals surface area contributed by atoms with Crippen LogP contribution in [0.2, 0.25) is 0 Å². The lowest BCUT2D eigenvalue weighted by Crippen LogP contribution is -2.05. The van der Waals surface area contributed by atoms with Crippen LogP contribution in [0.1, 0.15) is 40.9 Å². The molecule has 0 heterocycles. The first-order chi connectivity index (χ1) is 9.13. The second kappa shape index (κ2) is 5.66. The van der Waals surface area contributed by atoms with Gasteiger partial charge in [0.2, 0.25) is 0 Å². The Morgan fingerprint density at radius 3 is 2.37 bits per heavy atom. The van der Waals surface area contributed by atoms with E-state index in [9.17, 15) is 4.79 Å². The average molecular weight is 250 g/mol. The number of hydrogen-bond acceptors (Lipinski definition) is 1. The van der Waals surface area contributed by atoms with Gasteiger partial charge in [0.15, 0.2) is 5.78 Å². The van der Waals surface area contributed by atoms with E-state index in [1.807, 2.05) is 55.5 Å². The summed E-state index contributed by atoms with van der Waals surface area (Å²) in [6.45, 7) is 7.96. The van der Waals surface area contributed by atoms with Gasteiger partial charge in [-0.15, -0.1) is 0 Å². The third-order valence-electron chi connectivity index (χ3n) is 3.23. The molecule has 0 aliphatic heterocycles. The van der Waals surface area contributed by atoms with Gasteiger partial charge in [-0.2, -0.15) is 0 Å². The zero-order valence-corrected chi connectivity index (χ0v) is 11.4. The quantitative estimate of drug-likeness (QED) is 0.729. The van der Waals surface area contributed by atoms with Crippen molar-refractivity contribution in [3.05, 3.63) is 77.4 Å². The fraction of sp³-hybridized carbons (Fsp3) is 0.167. The first kappa shape index (κ1) is 13.3. The van der Waals surface area contributed by atoms with Gasteiger partial charge in [0.25, 0.3) is 0 Å². The summed E-state index contributed by atoms with van der Waals surface area (Å²) in [7, 11) is 0. The van der Waals surface area contributed by atoms with Gasteiger partial charge < -0.3 is 0 Å². The average Bonchev–Trinajstić information content (AvgIpc) is 2.46. The Hall–Kier alpha value is -2.15. The molecule has 0 aliphatic carbocycles. The Balaban J connectivity index is 2.47. The molecule has 0 bridgehead atoms. The van der Waals surface area contributed by atoms with Crippen LogP contribution in [-0.2, 0) is 6.42 Å². The van der Waals surface area contributed by atoms with E-state index in [0.29, 0.717) is 0 Å². The zero-order chi connectivity index (χ0) is 13.8. The first-order valence-electron chi connectivity index (χ1n) is 6.52. The Labute approximate surface area is 114 Å². The highest BCUT2D eigenvalue weighted by Gasteiger charge is 2.13. The highest BCUT2D eigenvalue weighted by molar-refractivity contribution is 6.11. The van der Waals surface area contributed by atoms with Crippen LogP contribution in [0.25, 0.3) is 5.57 Å². The van der Waals surface area contributed by atoms with Crippen LogP contribution in [0, 0.1) is 0 Å². The van der Waals surface area contributed by atoms with Crippen LogP contribution in [0.5, 0.6) is 0 Å². The van der Waals surface area contributed by atoms with E-state index in [2.05, 4.69) is 13.5 Å². The van der Waals surface area contributed by atoms with Gasteiger partial charge in [-0.1, -0.05) is 61.5 Å². The summed E-state index contributed by atoms with van der Waals surface area (Å²) in [5.74, 6) is 0.0638. The molecule has 0 saturated heterocycles. The van der Waals surface area contributed by atoms with Crippen LogP contribution in [0.3, 0.4) is 0 Å². The van der Waals surface area contributed by atoms with Crippen molar-refractivity contribution < 1.29 is 4.79 Å². The number of ketones is 1. The Kier molecular flexibility index (Phi) is 3.96. The van der Waals surface area contributed by atoms with E-state index >= 15 is 0 Å². The van der Waals surface area contributed by atoms with Crippen molar-refractivity contribution in [1.29, 1.82) is 0 Å². The van der Waals surface area contributed by atoms with Crippen LogP contribution in [0.4, 0.5) is 0 Å². The predicted molar refractivity (Wildman–Crippen MR) is 80.4 cm³/mol. The molecule has 0 N–H and O–H groups in total. The molecule has 0 spiro atoms. The number of aryl methyl sites for hydroxylation is 1. The standard InChI is InChI=1S/C18H18O/c1-4-14-8-7-9-15(12-14)18(19)17-11-6-5-10-16(17)13(2)3/h5-12H,2,4H2,1,3H3. The lowest BCUT2D eigenvalue weighted by Gasteiger charge is -2.09. The summed E-state index contributed by atoms with van der Waals surface area (Å²) in [5, 5.41) is 0. The van der Waals surface area contributed by atoms with Gasteiger partial charge in [0.1, 0.15) is 0 Å². The Bertz CT molecular complexity index is 623. The molecule has 0 aliphatic rings. The maximum atomic E-state index is 12.6. The minimum absolute atomic E-state index is 0.0638. The second-order valence-corrected chi connectivity index (χ2v) is 4.71. The van der Waals surface area contributed by atoms with Gasteiger partial charge in [-0.25, -0.2) is 0 Å². The molecular weight excluding hydrogens is 232 g/mol. The lowest BCUT2D eigenvalue weighted by molar-refractivity contribution is 0.103. The van der Waals surface area contributed by atoms with Crippen molar-refractivity contribution in [2.24, 2.45) is 0 Å². The zero-order valence-electron chi connectivity index (χ0n) is 11.4. The number of rotatable bonds is 4. The summed E-state index contributed by atoms with van der Waals surface area (Å²) >= 11 is 0. The van der Waals surface area contributed by atoms with Crippen molar-refractivity contribution in [2.75, 3.05) is 0 Å². The van der Waals surface area contributed by atoms with Crippen molar-refractivity contribution in [3.63, 3.8) is 0 Å². The summed E-state index contributed by atoms with van der Waals surface area (Å²) in [4.78, 5) is 12.6. The number of allylic oxidation sites excluding steroid dienone is 1. The topological polar surface area (TPSA) is 17.1 Å². The molecule has 0 atom stereocenters. The minimum Gasteiger partial charge on any atom is -0.289 e. The van der Waals surface area contributed by atoms with Crippen LogP contribution >= 0.6 is 0 Å². The summed E-state index contributed by atoms with van der Waals surface area (Å²) in [6.07, 6.45) is 0.934. The number of carbonyl (C=O) groups is 1. The Morgan fingerprint density at radius 1 is 1.05 bits per heavy atom. The van der Waals surface area contributed by atoms with E-state index in [0.717, 1.165) is 28.7 Å². The summed E-state index contributed by atoms with van der Waals surface area (Å²) in [6, 6.07) is 15.5. The molecule has 0 aromatic heterocycles. The first-order valence-corrected chi connectivity index (χ1v) is 6.52. The fourth-order valence-electron chi connectivity index (χ4n) is 2.14. The van der Waals surface area contributed by atoms with E-state index in [-0.39, 0.29) is 5.78 Å². The molecule has 0 fully saturated rings. The van der Waals surface area contributed by atoms with Gasteiger partial charge in [0.05, 0.1) is 0 Å². The van der Waals surface area contributed by atoms with Gasteiger partial charge in [-0.05, 0) is 30.5 Å². The third kappa shape index (κ3) is 2.82. The molecule has 1 nitrogen and oxygen atoms in total. The maximum Gasteiger partial charge on any atom is 0.193 e. The van der Waals surface area contributed by atoms with E-state index < -0.39 is 0 Å². The molecule has 0 saturated carbocycles. The lowest BCUT2D eigenvalue weighted by atomic mass is 9.94. The molecule has 2 aromatic rings.